The summed E-state index contributed by atoms with van der Waals surface area (Å²) >= 11 is 3.13. The van der Waals surface area contributed by atoms with Crippen LogP contribution in [0, 0.1) is 6.92 Å². The van der Waals surface area contributed by atoms with E-state index in [4.69, 9.17) is 0 Å². The highest BCUT2D eigenvalue weighted by Crippen LogP contribution is 2.21. The van der Waals surface area contributed by atoms with Gasteiger partial charge in [0.15, 0.2) is 4.34 Å². The Balaban J connectivity index is 1.46. The van der Waals surface area contributed by atoms with E-state index in [-0.39, 0.29) is 6.03 Å². The van der Waals surface area contributed by atoms with E-state index in [1.807, 2.05) is 26.1 Å². The second kappa shape index (κ2) is 6.92. The fraction of sp³-hybridized carbons (Fsp3) is 0.308. The number of aryl methyl sites for hydroxylation is 2. The zero-order valence-corrected chi connectivity index (χ0v) is 14.2. The summed E-state index contributed by atoms with van der Waals surface area (Å²) in [6.07, 6.45) is 0. The summed E-state index contributed by atoms with van der Waals surface area (Å²) in [7, 11) is 1.83. The lowest BCUT2D eigenvalue weighted by Crippen LogP contribution is -2.30. The Morgan fingerprint density at radius 1 is 1.35 bits per heavy atom. The highest BCUT2D eigenvalue weighted by Gasteiger charge is 2.06. The van der Waals surface area contributed by atoms with E-state index in [2.05, 4.69) is 31.1 Å². The number of carbonyl (C=O) groups excluding carboxylic acids is 1. The highest BCUT2D eigenvalue weighted by molar-refractivity contribution is 8.01. The predicted octanol–water partition coefficient (Wildman–Crippen LogP) is 2.04. The molecule has 8 nitrogen and oxygen atoms in total. The average Bonchev–Trinajstić information content (AvgIpc) is 3.10. The molecule has 2 aromatic heterocycles. The van der Waals surface area contributed by atoms with E-state index >= 15 is 0 Å². The van der Waals surface area contributed by atoms with Gasteiger partial charge in [0.25, 0.3) is 0 Å². The van der Waals surface area contributed by atoms with Crippen LogP contribution in [0.4, 0.5) is 10.5 Å². The molecule has 0 saturated heterocycles. The average molecular weight is 349 g/mol. The number of anilines is 1. The van der Waals surface area contributed by atoms with E-state index in [1.54, 1.807) is 33.8 Å². The minimum Gasteiger partial charge on any atom is -0.337 e. The topological polar surface area (TPSA) is 97.6 Å². The maximum Gasteiger partial charge on any atom is 0.319 e. The Morgan fingerprint density at radius 3 is 3.00 bits per heavy atom. The van der Waals surface area contributed by atoms with Gasteiger partial charge >= 0.3 is 6.03 Å². The summed E-state index contributed by atoms with van der Waals surface area (Å²) in [5.74, 6) is 0.741. The van der Waals surface area contributed by atoms with Crippen LogP contribution < -0.4 is 10.6 Å². The zero-order chi connectivity index (χ0) is 16.2. The molecule has 2 heterocycles. The molecule has 0 bridgehead atoms. The first kappa shape index (κ1) is 15.7. The lowest BCUT2D eigenvalue weighted by Gasteiger charge is -2.07. The van der Waals surface area contributed by atoms with Crippen LogP contribution in [-0.4, -0.2) is 43.5 Å². The van der Waals surface area contributed by atoms with Crippen molar-refractivity contribution < 1.29 is 4.79 Å². The zero-order valence-electron chi connectivity index (χ0n) is 12.6. The molecule has 3 aromatic rings. The molecule has 2 N–H and O–H groups in total. The van der Waals surface area contributed by atoms with Gasteiger partial charge in [-0.1, -0.05) is 28.3 Å². The van der Waals surface area contributed by atoms with Crippen LogP contribution in [0.2, 0.25) is 0 Å². The van der Waals surface area contributed by atoms with Crippen LogP contribution in [0.15, 0.2) is 22.5 Å². The number of thioether (sulfide) groups is 1. The molecule has 0 aliphatic carbocycles. The Hall–Kier alpha value is -2.20. The number of nitrogens with zero attached hydrogens (tertiary/aromatic N) is 5. The van der Waals surface area contributed by atoms with Crippen molar-refractivity contribution in [2.24, 2.45) is 7.05 Å². The number of benzene rings is 1. The predicted molar refractivity (Wildman–Crippen MR) is 90.9 cm³/mol. The van der Waals surface area contributed by atoms with Gasteiger partial charge in [0.05, 0.1) is 5.52 Å². The maximum atomic E-state index is 11.9. The first-order valence-electron chi connectivity index (χ1n) is 6.89. The fourth-order valence-corrected chi connectivity index (χ4v) is 3.67. The minimum atomic E-state index is -0.248. The van der Waals surface area contributed by atoms with E-state index in [0.29, 0.717) is 12.2 Å². The van der Waals surface area contributed by atoms with E-state index < -0.39 is 0 Å². The number of fused-ring (bicyclic) bond motifs is 1. The third kappa shape index (κ3) is 3.96. The Labute approximate surface area is 140 Å². The third-order valence-electron chi connectivity index (χ3n) is 2.99. The van der Waals surface area contributed by atoms with Crippen molar-refractivity contribution in [3.05, 3.63) is 23.2 Å². The molecule has 0 saturated carbocycles. The summed E-state index contributed by atoms with van der Waals surface area (Å²) in [6, 6.07) is 5.24. The molecule has 0 fully saturated rings. The molecule has 1 aromatic carbocycles. The van der Waals surface area contributed by atoms with Gasteiger partial charge in [0.1, 0.15) is 10.5 Å². The first-order chi connectivity index (χ1) is 11.1. The maximum absolute atomic E-state index is 11.9. The summed E-state index contributed by atoms with van der Waals surface area (Å²) in [5.41, 5.74) is 2.34. The van der Waals surface area contributed by atoms with Gasteiger partial charge in [-0.2, -0.15) is 0 Å². The highest BCUT2D eigenvalue weighted by atomic mass is 32.2. The van der Waals surface area contributed by atoms with E-state index in [0.717, 1.165) is 26.1 Å². The Kier molecular flexibility index (Phi) is 4.72. The van der Waals surface area contributed by atoms with Crippen LogP contribution in [-0.2, 0) is 7.05 Å². The Morgan fingerprint density at radius 2 is 2.22 bits per heavy atom. The normalized spacial score (nSPS) is 10.9. The summed E-state index contributed by atoms with van der Waals surface area (Å²) < 4.78 is 2.60. The number of urea groups is 1. The van der Waals surface area contributed by atoms with Crippen LogP contribution in [0.5, 0.6) is 0 Å². The van der Waals surface area contributed by atoms with E-state index in [9.17, 15) is 4.79 Å². The number of aromatic nitrogens is 5. The molecule has 23 heavy (non-hydrogen) atoms. The van der Waals surface area contributed by atoms with Gasteiger partial charge < -0.3 is 10.6 Å². The lowest BCUT2D eigenvalue weighted by molar-refractivity contribution is 0.252. The van der Waals surface area contributed by atoms with Gasteiger partial charge in [-0.15, -0.1) is 15.3 Å². The van der Waals surface area contributed by atoms with Gasteiger partial charge in [-0.3, -0.25) is 0 Å². The minimum absolute atomic E-state index is 0.248. The quantitative estimate of drug-likeness (QED) is 0.540. The van der Waals surface area contributed by atoms with Gasteiger partial charge in [-0.05, 0) is 25.1 Å². The SMILES string of the molecule is Cc1nnc(SCCNC(=O)Nc2ccc3c(c2)nnn3C)s1. The van der Waals surface area contributed by atoms with Crippen molar-refractivity contribution in [1.29, 1.82) is 0 Å². The number of rotatable bonds is 5. The number of amides is 2. The monoisotopic (exact) mass is 349 g/mol. The van der Waals surface area contributed by atoms with Crippen LogP contribution in [0.1, 0.15) is 5.01 Å². The lowest BCUT2D eigenvalue weighted by atomic mass is 10.3. The molecule has 0 aliphatic heterocycles. The van der Waals surface area contributed by atoms with Crippen molar-refractivity contribution in [1.82, 2.24) is 30.5 Å². The second-order valence-electron chi connectivity index (χ2n) is 4.73. The van der Waals surface area contributed by atoms with Crippen molar-refractivity contribution in [3.63, 3.8) is 0 Å². The number of hydrogen-bond acceptors (Lipinski definition) is 7. The smallest absolute Gasteiger partial charge is 0.319 e. The van der Waals surface area contributed by atoms with E-state index in [1.165, 1.54) is 0 Å². The summed E-state index contributed by atoms with van der Waals surface area (Å²) in [6.45, 7) is 2.46. The second-order valence-corrected chi connectivity index (χ2v) is 7.26. The Bertz CT molecular complexity index is 829. The van der Waals surface area contributed by atoms with Crippen molar-refractivity contribution >= 4 is 45.9 Å². The standard InChI is InChI=1S/C13H15N7OS2/c1-8-16-18-13(23-8)22-6-5-14-12(21)15-9-3-4-11-10(7-9)17-19-20(11)2/h3-4,7H,5-6H2,1-2H3,(H2,14,15,21). The van der Waals surface area contributed by atoms with Crippen molar-refractivity contribution in [2.75, 3.05) is 17.6 Å². The number of nitrogens with one attached hydrogen (secondary N) is 2. The molecular weight excluding hydrogens is 334 g/mol. The third-order valence-corrected chi connectivity index (χ3v) is 4.96. The van der Waals surface area contributed by atoms with Crippen LogP contribution in [0.25, 0.3) is 11.0 Å². The largest absolute Gasteiger partial charge is 0.337 e. The molecule has 120 valence electrons. The molecule has 0 atom stereocenters. The summed E-state index contributed by atoms with van der Waals surface area (Å²) in [4.78, 5) is 11.9. The van der Waals surface area contributed by atoms with Crippen LogP contribution in [0.3, 0.4) is 0 Å². The summed E-state index contributed by atoms with van der Waals surface area (Å²) in [5, 5.41) is 22.5. The van der Waals surface area contributed by atoms with Crippen molar-refractivity contribution in [3.8, 4) is 0 Å². The van der Waals surface area contributed by atoms with Gasteiger partial charge in [-0.25, -0.2) is 9.48 Å². The molecule has 0 aliphatic rings. The van der Waals surface area contributed by atoms with Crippen LogP contribution >= 0.6 is 23.1 Å². The van der Waals surface area contributed by atoms with Gasteiger partial charge in [0, 0.05) is 25.0 Å². The number of hydrogen-bond donors (Lipinski definition) is 2. The van der Waals surface area contributed by atoms with Crippen molar-refractivity contribution in [2.45, 2.75) is 11.3 Å². The first-order valence-corrected chi connectivity index (χ1v) is 8.69. The fourth-order valence-electron chi connectivity index (χ4n) is 1.93. The molecule has 3 rings (SSSR count). The number of carbonyl (C=O) groups is 1. The molecule has 0 radical (unpaired) electrons. The van der Waals surface area contributed by atoms with Gasteiger partial charge in [0.2, 0.25) is 0 Å². The molecule has 10 heteroatoms. The molecule has 0 spiro atoms. The molecule has 0 unspecified atom stereocenters. The molecular formula is C13H15N7OS2. The molecule has 2 amide bonds.